The number of carbonyl (C=O) groups excluding carboxylic acids is 2. The number of benzene rings is 1. The summed E-state index contributed by atoms with van der Waals surface area (Å²) in [7, 11) is 1.52. The van der Waals surface area contributed by atoms with Crippen LogP contribution in [0.25, 0.3) is 0 Å². The highest BCUT2D eigenvalue weighted by atomic mass is 19.1. The molecule has 1 N–H and O–H groups in total. The molecule has 0 aliphatic heterocycles. The summed E-state index contributed by atoms with van der Waals surface area (Å²) in [6, 6.07) is 8.56. The van der Waals surface area contributed by atoms with Gasteiger partial charge in [0.05, 0.1) is 25.3 Å². The maximum Gasteiger partial charge on any atom is 0.312 e. The monoisotopic (exact) mass is 441 g/mol. The predicted octanol–water partition coefficient (Wildman–Crippen LogP) is 4.12. The Labute approximate surface area is 186 Å². The number of carbonyl (C=O) groups is 2. The second-order valence-corrected chi connectivity index (χ2v) is 9.80. The Morgan fingerprint density at radius 2 is 1.97 bits per heavy atom. The molecule has 6 rings (SSSR count). The van der Waals surface area contributed by atoms with Crippen molar-refractivity contribution in [3.05, 3.63) is 53.7 Å². The minimum absolute atomic E-state index is 0.249. The lowest BCUT2D eigenvalue weighted by molar-refractivity contribution is -0.175. The molecule has 1 heterocycles. The first-order valence-electron chi connectivity index (χ1n) is 11.2. The van der Waals surface area contributed by atoms with Gasteiger partial charge in [-0.15, -0.1) is 0 Å². The summed E-state index contributed by atoms with van der Waals surface area (Å²) in [5.41, 5.74) is -0.320. The van der Waals surface area contributed by atoms with Crippen LogP contribution >= 0.6 is 0 Å². The molecule has 2 atom stereocenters. The highest BCUT2D eigenvalue weighted by molar-refractivity contribution is 5.83. The first kappa shape index (κ1) is 21.0. The van der Waals surface area contributed by atoms with Crippen molar-refractivity contribution in [3.63, 3.8) is 0 Å². The fraction of sp³-hybridized carbons (Fsp3) is 0.520. The molecule has 32 heavy (non-hydrogen) atoms. The number of esters is 1. The van der Waals surface area contributed by atoms with Crippen LogP contribution in [0.1, 0.15) is 49.8 Å². The lowest BCUT2D eigenvalue weighted by Gasteiger charge is -2.61. The number of hydrogen-bond acceptors (Lipinski definition) is 5. The minimum atomic E-state index is -0.641. The minimum Gasteiger partial charge on any atom is -0.497 e. The largest absolute Gasteiger partial charge is 0.497 e. The Morgan fingerprint density at radius 3 is 2.62 bits per heavy atom. The fourth-order valence-electron chi connectivity index (χ4n) is 6.80. The van der Waals surface area contributed by atoms with Crippen molar-refractivity contribution >= 4 is 11.9 Å². The van der Waals surface area contributed by atoms with Crippen molar-refractivity contribution in [1.82, 2.24) is 5.32 Å². The van der Waals surface area contributed by atoms with Gasteiger partial charge in [-0.25, -0.2) is 4.39 Å². The van der Waals surface area contributed by atoms with E-state index < -0.39 is 5.41 Å². The van der Waals surface area contributed by atoms with Crippen LogP contribution in [-0.2, 0) is 26.3 Å². The summed E-state index contributed by atoms with van der Waals surface area (Å²) in [6.45, 7) is -0.0704. The van der Waals surface area contributed by atoms with E-state index in [-0.39, 0.29) is 36.3 Å². The number of ether oxygens (including phenoxy) is 2. The molecule has 0 radical (unpaired) electrons. The second kappa shape index (κ2) is 7.94. The summed E-state index contributed by atoms with van der Waals surface area (Å²) in [5, 5.41) is 2.69. The van der Waals surface area contributed by atoms with E-state index in [4.69, 9.17) is 13.9 Å². The van der Waals surface area contributed by atoms with Crippen LogP contribution in [0.5, 0.6) is 5.75 Å². The SMILES string of the molecule is COc1ccc(C23C[C@H]4C[C@@H](CC(C(=O)OCC(=O)NCc5ccco5)(C4)C2)C3)c(F)c1. The summed E-state index contributed by atoms with van der Waals surface area (Å²) in [5.74, 6) is 0.914. The molecule has 170 valence electrons. The van der Waals surface area contributed by atoms with Crippen LogP contribution in [0.15, 0.2) is 41.0 Å². The molecule has 1 aromatic heterocycles. The van der Waals surface area contributed by atoms with Gasteiger partial charge in [-0.1, -0.05) is 6.07 Å². The van der Waals surface area contributed by atoms with Gasteiger partial charge in [0.2, 0.25) is 0 Å². The van der Waals surface area contributed by atoms with Gasteiger partial charge in [0.15, 0.2) is 6.61 Å². The summed E-state index contributed by atoms with van der Waals surface area (Å²) in [6.07, 6.45) is 6.50. The summed E-state index contributed by atoms with van der Waals surface area (Å²) >= 11 is 0. The molecular formula is C25H28FNO5. The lowest BCUT2D eigenvalue weighted by atomic mass is 9.43. The van der Waals surface area contributed by atoms with Crippen molar-refractivity contribution in [1.29, 1.82) is 0 Å². The Hall–Kier alpha value is -2.83. The maximum absolute atomic E-state index is 15.1. The molecule has 4 saturated carbocycles. The summed E-state index contributed by atoms with van der Waals surface area (Å²) in [4.78, 5) is 25.4. The third-order valence-corrected chi connectivity index (χ3v) is 7.62. The van der Waals surface area contributed by atoms with Gasteiger partial charge in [-0.05, 0) is 79.5 Å². The Morgan fingerprint density at radius 1 is 1.19 bits per heavy atom. The van der Waals surface area contributed by atoms with Crippen molar-refractivity contribution in [2.45, 2.75) is 50.5 Å². The van der Waals surface area contributed by atoms with Crippen molar-refractivity contribution < 1.29 is 27.9 Å². The quantitative estimate of drug-likeness (QED) is 0.654. The van der Waals surface area contributed by atoms with Gasteiger partial charge in [-0.3, -0.25) is 9.59 Å². The molecule has 6 nitrogen and oxygen atoms in total. The zero-order valence-electron chi connectivity index (χ0n) is 18.2. The molecule has 1 amide bonds. The number of amides is 1. The third kappa shape index (κ3) is 3.67. The number of rotatable bonds is 7. The van der Waals surface area contributed by atoms with Gasteiger partial charge in [-0.2, -0.15) is 0 Å². The topological polar surface area (TPSA) is 77.8 Å². The van der Waals surface area contributed by atoms with E-state index in [1.807, 2.05) is 6.07 Å². The first-order valence-corrected chi connectivity index (χ1v) is 11.2. The molecule has 0 saturated heterocycles. The van der Waals surface area contributed by atoms with Crippen molar-refractivity contribution in [3.8, 4) is 5.75 Å². The van der Waals surface area contributed by atoms with Crippen LogP contribution in [0, 0.1) is 23.1 Å². The van der Waals surface area contributed by atoms with E-state index in [0.29, 0.717) is 35.3 Å². The molecule has 0 unspecified atom stereocenters. The molecule has 1 aromatic carbocycles. The van der Waals surface area contributed by atoms with E-state index in [9.17, 15) is 9.59 Å². The van der Waals surface area contributed by atoms with E-state index in [2.05, 4.69) is 5.32 Å². The summed E-state index contributed by atoms with van der Waals surface area (Å²) < 4.78 is 30.9. The maximum atomic E-state index is 15.1. The zero-order chi connectivity index (χ0) is 22.3. The Balaban J connectivity index is 1.30. The third-order valence-electron chi connectivity index (χ3n) is 7.62. The number of furan rings is 1. The average molecular weight is 441 g/mol. The van der Waals surface area contributed by atoms with Crippen molar-refractivity contribution in [2.75, 3.05) is 13.7 Å². The number of hydrogen-bond donors (Lipinski definition) is 1. The van der Waals surface area contributed by atoms with Gasteiger partial charge >= 0.3 is 5.97 Å². The molecule has 4 aliphatic carbocycles. The van der Waals surface area contributed by atoms with Crippen LogP contribution in [0.2, 0.25) is 0 Å². The zero-order valence-corrected chi connectivity index (χ0v) is 18.2. The first-order chi connectivity index (χ1) is 15.4. The van der Waals surface area contributed by atoms with Gasteiger partial charge in [0.1, 0.15) is 17.3 Å². The highest BCUT2D eigenvalue weighted by Gasteiger charge is 2.62. The van der Waals surface area contributed by atoms with Crippen LogP contribution < -0.4 is 10.1 Å². The molecule has 4 fully saturated rings. The number of nitrogens with one attached hydrogen (secondary N) is 1. The molecule has 0 spiro atoms. The highest BCUT2D eigenvalue weighted by Crippen LogP contribution is 2.66. The van der Waals surface area contributed by atoms with Gasteiger partial charge < -0.3 is 19.2 Å². The van der Waals surface area contributed by atoms with E-state index >= 15 is 4.39 Å². The Kier molecular flexibility index (Phi) is 5.22. The standard InChI is InChI=1S/C25H28FNO5/c1-30-18-4-5-20(21(26)8-18)24-9-16-7-17(10-24)12-25(11-16,15-24)23(29)32-14-22(28)27-13-19-3-2-6-31-19/h2-6,8,16-17H,7,9-15H2,1H3,(H,27,28)/t16-,17-,24?,25?/m1/s1. The van der Waals surface area contributed by atoms with Crippen LogP contribution in [0.3, 0.4) is 0 Å². The molecule has 4 bridgehead atoms. The van der Waals surface area contributed by atoms with E-state index in [1.165, 1.54) is 19.4 Å². The average Bonchev–Trinajstić information content (AvgIpc) is 3.28. The van der Waals surface area contributed by atoms with Crippen LogP contribution in [0.4, 0.5) is 4.39 Å². The number of halogens is 1. The second-order valence-electron chi connectivity index (χ2n) is 9.80. The molecule has 4 aliphatic rings. The smallest absolute Gasteiger partial charge is 0.312 e. The van der Waals surface area contributed by atoms with E-state index in [1.54, 1.807) is 18.2 Å². The lowest BCUT2D eigenvalue weighted by Crippen LogP contribution is -2.57. The fourth-order valence-corrected chi connectivity index (χ4v) is 6.80. The number of methoxy groups -OCH3 is 1. The molecule has 7 heteroatoms. The van der Waals surface area contributed by atoms with E-state index in [0.717, 1.165) is 32.1 Å². The van der Waals surface area contributed by atoms with Gasteiger partial charge in [0.25, 0.3) is 5.91 Å². The Bertz CT molecular complexity index is 1000. The van der Waals surface area contributed by atoms with Crippen LogP contribution in [-0.4, -0.2) is 25.6 Å². The van der Waals surface area contributed by atoms with Crippen molar-refractivity contribution in [2.24, 2.45) is 17.3 Å². The normalized spacial score (nSPS) is 30.2. The predicted molar refractivity (Wildman–Crippen MR) is 113 cm³/mol. The molecule has 2 aromatic rings. The molecular weight excluding hydrogens is 413 g/mol. The van der Waals surface area contributed by atoms with Gasteiger partial charge in [0, 0.05) is 6.07 Å².